The maximum atomic E-state index is 13.1. The molecule has 0 amide bonds. The van der Waals surface area contributed by atoms with Gasteiger partial charge in [0.2, 0.25) is 0 Å². The summed E-state index contributed by atoms with van der Waals surface area (Å²) in [5, 5.41) is 9.05. The summed E-state index contributed by atoms with van der Waals surface area (Å²) in [6, 6.07) is 11.9. The summed E-state index contributed by atoms with van der Waals surface area (Å²) in [5.41, 5.74) is 2.29. The first-order valence-electron chi connectivity index (χ1n) is 5.77. The molecule has 0 heterocycles. The molecule has 0 aromatic heterocycles. The molecule has 2 rings (SSSR count). The van der Waals surface area contributed by atoms with Gasteiger partial charge in [-0.05, 0) is 30.7 Å². The van der Waals surface area contributed by atoms with Gasteiger partial charge in [-0.3, -0.25) is 0 Å². The highest BCUT2D eigenvalue weighted by Crippen LogP contribution is 2.27. The van der Waals surface area contributed by atoms with Crippen LogP contribution in [0.15, 0.2) is 47.4 Å². The average Bonchev–Trinajstić information content (AvgIpc) is 2.37. The lowest BCUT2D eigenvalue weighted by Gasteiger charge is -2.06. The Bertz CT molecular complexity index is 611. The first-order valence-corrected chi connectivity index (χ1v) is 6.76. The minimum atomic E-state index is -1.11. The molecule has 0 aliphatic carbocycles. The van der Waals surface area contributed by atoms with E-state index in [0.717, 1.165) is 17.2 Å². The molecule has 2 nitrogen and oxygen atoms in total. The monoisotopic (exact) mass is 276 g/mol. The molecule has 0 atom stereocenters. The first kappa shape index (κ1) is 13.6. The number of benzene rings is 2. The van der Waals surface area contributed by atoms with Crippen LogP contribution in [0.4, 0.5) is 4.39 Å². The standard InChI is InChI=1S/C15H13FO2S/c1-10-3-2-4-11(7-10)9-19-14-6-5-12(16)8-13(14)15(17)18/h2-8H,9H2,1H3,(H,17,18). The van der Waals surface area contributed by atoms with Crippen LogP contribution < -0.4 is 0 Å². The minimum absolute atomic E-state index is 0.0117. The summed E-state index contributed by atoms with van der Waals surface area (Å²) < 4.78 is 13.1. The Hall–Kier alpha value is -1.81. The number of aryl methyl sites for hydroxylation is 1. The zero-order chi connectivity index (χ0) is 13.8. The van der Waals surface area contributed by atoms with Crippen molar-refractivity contribution in [1.82, 2.24) is 0 Å². The zero-order valence-corrected chi connectivity index (χ0v) is 11.2. The maximum absolute atomic E-state index is 13.1. The number of rotatable bonds is 4. The Labute approximate surface area is 115 Å². The molecule has 0 saturated carbocycles. The zero-order valence-electron chi connectivity index (χ0n) is 10.4. The topological polar surface area (TPSA) is 37.3 Å². The van der Waals surface area contributed by atoms with Crippen LogP contribution in [0.25, 0.3) is 0 Å². The van der Waals surface area contributed by atoms with Crippen molar-refractivity contribution < 1.29 is 14.3 Å². The molecule has 0 aliphatic heterocycles. The van der Waals surface area contributed by atoms with Crippen LogP contribution in [0.5, 0.6) is 0 Å². The number of aromatic carboxylic acids is 1. The Balaban J connectivity index is 2.17. The fourth-order valence-electron chi connectivity index (χ4n) is 1.76. The van der Waals surface area contributed by atoms with Gasteiger partial charge in [-0.1, -0.05) is 29.8 Å². The molecule has 0 saturated heterocycles. The van der Waals surface area contributed by atoms with Crippen LogP contribution in [0.1, 0.15) is 21.5 Å². The van der Waals surface area contributed by atoms with E-state index in [4.69, 9.17) is 5.11 Å². The summed E-state index contributed by atoms with van der Waals surface area (Å²) in [7, 11) is 0. The van der Waals surface area contributed by atoms with E-state index in [0.29, 0.717) is 10.6 Å². The van der Waals surface area contributed by atoms with Crippen molar-refractivity contribution in [3.63, 3.8) is 0 Å². The summed E-state index contributed by atoms with van der Waals surface area (Å²) >= 11 is 1.40. The van der Waals surface area contributed by atoms with E-state index in [1.165, 1.54) is 23.9 Å². The molecule has 19 heavy (non-hydrogen) atoms. The van der Waals surface area contributed by atoms with Gasteiger partial charge in [-0.25, -0.2) is 9.18 Å². The lowest BCUT2D eigenvalue weighted by atomic mass is 10.2. The highest BCUT2D eigenvalue weighted by molar-refractivity contribution is 7.98. The van der Waals surface area contributed by atoms with Gasteiger partial charge in [0.25, 0.3) is 0 Å². The van der Waals surface area contributed by atoms with Crippen molar-refractivity contribution in [2.24, 2.45) is 0 Å². The van der Waals surface area contributed by atoms with Crippen molar-refractivity contribution in [3.8, 4) is 0 Å². The van der Waals surface area contributed by atoms with Gasteiger partial charge in [-0.2, -0.15) is 0 Å². The lowest BCUT2D eigenvalue weighted by molar-refractivity contribution is 0.0692. The Morgan fingerprint density at radius 1 is 1.26 bits per heavy atom. The van der Waals surface area contributed by atoms with Crippen molar-refractivity contribution in [2.75, 3.05) is 0 Å². The lowest BCUT2D eigenvalue weighted by Crippen LogP contribution is -1.99. The molecule has 1 N–H and O–H groups in total. The minimum Gasteiger partial charge on any atom is -0.478 e. The summed E-state index contributed by atoms with van der Waals surface area (Å²) in [6.07, 6.45) is 0. The highest BCUT2D eigenvalue weighted by Gasteiger charge is 2.11. The van der Waals surface area contributed by atoms with Crippen LogP contribution in [-0.2, 0) is 5.75 Å². The van der Waals surface area contributed by atoms with E-state index in [1.54, 1.807) is 0 Å². The number of halogens is 1. The molecule has 0 spiro atoms. The summed E-state index contributed by atoms with van der Waals surface area (Å²) in [4.78, 5) is 11.6. The van der Waals surface area contributed by atoms with Crippen molar-refractivity contribution in [1.29, 1.82) is 0 Å². The molecule has 0 radical (unpaired) electrons. The van der Waals surface area contributed by atoms with E-state index >= 15 is 0 Å². The normalized spacial score (nSPS) is 10.4. The smallest absolute Gasteiger partial charge is 0.336 e. The summed E-state index contributed by atoms with van der Waals surface area (Å²) in [5.74, 6) is -0.975. The van der Waals surface area contributed by atoms with Gasteiger partial charge in [0.15, 0.2) is 0 Å². The molecule has 2 aromatic carbocycles. The molecular weight excluding hydrogens is 263 g/mol. The fraction of sp³-hybridized carbons (Fsp3) is 0.133. The molecule has 4 heteroatoms. The first-order chi connectivity index (χ1) is 9.06. The van der Waals surface area contributed by atoms with E-state index in [-0.39, 0.29) is 5.56 Å². The van der Waals surface area contributed by atoms with Gasteiger partial charge in [0, 0.05) is 10.6 Å². The van der Waals surface area contributed by atoms with Crippen molar-refractivity contribution in [2.45, 2.75) is 17.6 Å². The Morgan fingerprint density at radius 2 is 2.05 bits per heavy atom. The second-order valence-electron chi connectivity index (χ2n) is 4.22. The maximum Gasteiger partial charge on any atom is 0.336 e. The van der Waals surface area contributed by atoms with Crippen molar-refractivity contribution in [3.05, 3.63) is 65.0 Å². The third kappa shape index (κ3) is 3.58. The number of thioether (sulfide) groups is 1. The number of hydrogen-bond acceptors (Lipinski definition) is 2. The number of carboxylic acid groups (broad SMARTS) is 1. The summed E-state index contributed by atoms with van der Waals surface area (Å²) in [6.45, 7) is 2.01. The van der Waals surface area contributed by atoms with E-state index in [1.807, 2.05) is 25.1 Å². The number of hydrogen-bond donors (Lipinski definition) is 1. The third-order valence-corrected chi connectivity index (χ3v) is 3.79. The molecular formula is C15H13FO2S. The second kappa shape index (κ2) is 5.89. The predicted octanol–water partition coefficient (Wildman–Crippen LogP) is 4.12. The number of carboxylic acids is 1. The molecule has 0 bridgehead atoms. The highest BCUT2D eigenvalue weighted by atomic mass is 32.2. The van der Waals surface area contributed by atoms with Crippen LogP contribution in [0.2, 0.25) is 0 Å². The van der Waals surface area contributed by atoms with Crippen LogP contribution in [0, 0.1) is 12.7 Å². The van der Waals surface area contributed by atoms with E-state index < -0.39 is 11.8 Å². The van der Waals surface area contributed by atoms with E-state index in [9.17, 15) is 9.18 Å². The molecule has 0 unspecified atom stereocenters. The van der Waals surface area contributed by atoms with Crippen molar-refractivity contribution >= 4 is 17.7 Å². The fourth-order valence-corrected chi connectivity index (χ4v) is 2.73. The van der Waals surface area contributed by atoms with Gasteiger partial charge < -0.3 is 5.11 Å². The molecule has 0 aliphatic rings. The van der Waals surface area contributed by atoms with Gasteiger partial charge in [0.05, 0.1) is 5.56 Å². The van der Waals surface area contributed by atoms with Gasteiger partial charge in [0.1, 0.15) is 5.82 Å². The Morgan fingerprint density at radius 3 is 2.74 bits per heavy atom. The van der Waals surface area contributed by atoms with Gasteiger partial charge >= 0.3 is 5.97 Å². The molecule has 98 valence electrons. The van der Waals surface area contributed by atoms with Gasteiger partial charge in [-0.15, -0.1) is 11.8 Å². The third-order valence-electron chi connectivity index (χ3n) is 2.65. The average molecular weight is 276 g/mol. The largest absolute Gasteiger partial charge is 0.478 e. The van der Waals surface area contributed by atoms with Crippen LogP contribution in [-0.4, -0.2) is 11.1 Å². The molecule has 0 fully saturated rings. The predicted molar refractivity (Wildman–Crippen MR) is 74.1 cm³/mol. The van der Waals surface area contributed by atoms with Crippen LogP contribution in [0.3, 0.4) is 0 Å². The quantitative estimate of drug-likeness (QED) is 0.853. The van der Waals surface area contributed by atoms with E-state index in [2.05, 4.69) is 6.07 Å². The Kier molecular flexibility index (Phi) is 4.22. The number of carbonyl (C=O) groups is 1. The van der Waals surface area contributed by atoms with Crippen LogP contribution >= 0.6 is 11.8 Å². The molecule has 2 aromatic rings. The second-order valence-corrected chi connectivity index (χ2v) is 5.24. The SMILES string of the molecule is Cc1cccc(CSc2ccc(F)cc2C(=O)O)c1.